The average Bonchev–Trinajstić information content (AvgIpc) is 2.28. The van der Waals surface area contributed by atoms with Crippen LogP contribution in [0.4, 0.5) is 17.6 Å². The van der Waals surface area contributed by atoms with E-state index >= 15 is 0 Å². The molecule has 2 aromatic rings. The summed E-state index contributed by atoms with van der Waals surface area (Å²) in [6.07, 6.45) is 0.990. The van der Waals surface area contributed by atoms with Gasteiger partial charge in [-0.25, -0.2) is 0 Å². The van der Waals surface area contributed by atoms with Crippen LogP contribution in [0.1, 0.15) is 12.5 Å². The first-order chi connectivity index (χ1) is 8.11. The van der Waals surface area contributed by atoms with E-state index in [9.17, 15) is 0 Å². The van der Waals surface area contributed by atoms with Crippen LogP contribution in [-0.4, -0.2) is 9.97 Å². The minimum atomic E-state index is 0.0916. The van der Waals surface area contributed by atoms with Gasteiger partial charge in [0.15, 0.2) is 0 Å². The van der Waals surface area contributed by atoms with Crippen LogP contribution in [0, 0.1) is 0 Å². The molecule has 0 aliphatic rings. The Labute approximate surface area is 99.7 Å². The van der Waals surface area contributed by atoms with Gasteiger partial charge in [0.1, 0.15) is 11.6 Å². The van der Waals surface area contributed by atoms with Crippen molar-refractivity contribution in [1.29, 1.82) is 0 Å². The van der Waals surface area contributed by atoms with Gasteiger partial charge in [-0.2, -0.15) is 9.97 Å². The van der Waals surface area contributed by atoms with Gasteiger partial charge in [-0.3, -0.25) is 0 Å². The molecule has 0 radical (unpaired) electrons. The Bertz CT molecular complexity index is 510. The monoisotopic (exact) mass is 229 g/mol. The van der Waals surface area contributed by atoms with Crippen molar-refractivity contribution in [1.82, 2.24) is 9.97 Å². The summed E-state index contributed by atoms with van der Waals surface area (Å²) in [5.74, 6) is 0.701. The van der Waals surface area contributed by atoms with Gasteiger partial charge in [-0.1, -0.05) is 31.2 Å². The smallest absolute Gasteiger partial charge is 0.223 e. The predicted molar refractivity (Wildman–Crippen MR) is 70.1 cm³/mol. The van der Waals surface area contributed by atoms with Gasteiger partial charge in [0.05, 0.1) is 5.56 Å². The summed E-state index contributed by atoms with van der Waals surface area (Å²) in [7, 11) is 0. The van der Waals surface area contributed by atoms with E-state index in [0.29, 0.717) is 17.2 Å². The van der Waals surface area contributed by atoms with Crippen molar-refractivity contribution in [3.05, 3.63) is 29.8 Å². The maximum absolute atomic E-state index is 5.81. The number of nitrogen functional groups attached to an aromatic ring is 3. The molecule has 1 heterocycles. The van der Waals surface area contributed by atoms with Crippen LogP contribution in [0.5, 0.6) is 0 Å². The molecule has 1 aromatic carbocycles. The standard InChI is InChI=1S/C12H15N5/c1-2-7-3-5-8(6-4-7)9-10(13)16-12(15)17-11(9)14/h3-6H,2H2,1H3,(H6,13,14,15,16,17). The zero-order valence-electron chi connectivity index (χ0n) is 9.64. The normalized spacial score (nSPS) is 10.4. The first-order valence-electron chi connectivity index (χ1n) is 5.39. The van der Waals surface area contributed by atoms with Crippen LogP contribution in [-0.2, 0) is 6.42 Å². The number of benzene rings is 1. The summed E-state index contributed by atoms with van der Waals surface area (Å²) in [6, 6.07) is 7.98. The van der Waals surface area contributed by atoms with E-state index in [-0.39, 0.29) is 5.95 Å². The van der Waals surface area contributed by atoms with Crippen LogP contribution >= 0.6 is 0 Å². The number of hydrogen-bond acceptors (Lipinski definition) is 5. The molecule has 5 nitrogen and oxygen atoms in total. The topological polar surface area (TPSA) is 104 Å². The molecule has 0 unspecified atom stereocenters. The Kier molecular flexibility index (Phi) is 2.82. The lowest BCUT2D eigenvalue weighted by Gasteiger charge is -2.09. The molecule has 0 bridgehead atoms. The Morgan fingerprint density at radius 3 is 1.94 bits per heavy atom. The van der Waals surface area contributed by atoms with E-state index in [2.05, 4.69) is 16.9 Å². The quantitative estimate of drug-likeness (QED) is 0.723. The average molecular weight is 229 g/mol. The fourth-order valence-electron chi connectivity index (χ4n) is 1.72. The van der Waals surface area contributed by atoms with Gasteiger partial charge in [0.2, 0.25) is 5.95 Å². The van der Waals surface area contributed by atoms with Gasteiger partial charge in [-0.05, 0) is 17.5 Å². The number of hydrogen-bond donors (Lipinski definition) is 3. The minimum absolute atomic E-state index is 0.0916. The SMILES string of the molecule is CCc1ccc(-c2c(N)nc(N)nc2N)cc1. The lowest BCUT2D eigenvalue weighted by Crippen LogP contribution is -2.06. The maximum Gasteiger partial charge on any atom is 0.223 e. The lowest BCUT2D eigenvalue weighted by atomic mass is 10.0. The van der Waals surface area contributed by atoms with E-state index in [1.165, 1.54) is 5.56 Å². The van der Waals surface area contributed by atoms with Gasteiger partial charge in [-0.15, -0.1) is 0 Å². The Hall–Kier alpha value is -2.30. The van der Waals surface area contributed by atoms with Crippen LogP contribution in [0.2, 0.25) is 0 Å². The zero-order chi connectivity index (χ0) is 12.4. The molecule has 5 heteroatoms. The van der Waals surface area contributed by atoms with Crippen molar-refractivity contribution in [2.24, 2.45) is 0 Å². The number of nitrogens with zero attached hydrogens (tertiary/aromatic N) is 2. The van der Waals surface area contributed by atoms with Crippen LogP contribution in [0.25, 0.3) is 11.1 Å². The summed E-state index contributed by atoms with van der Waals surface area (Å²) in [5, 5.41) is 0. The highest BCUT2D eigenvalue weighted by atomic mass is 15.1. The molecule has 0 fully saturated rings. The second-order valence-electron chi connectivity index (χ2n) is 3.78. The second kappa shape index (κ2) is 4.29. The summed E-state index contributed by atoms with van der Waals surface area (Å²) in [4.78, 5) is 7.84. The first-order valence-corrected chi connectivity index (χ1v) is 5.39. The molecule has 0 saturated heterocycles. The van der Waals surface area contributed by atoms with E-state index < -0.39 is 0 Å². The van der Waals surface area contributed by atoms with Crippen molar-refractivity contribution >= 4 is 17.6 Å². The third-order valence-corrected chi connectivity index (χ3v) is 2.63. The van der Waals surface area contributed by atoms with Crippen LogP contribution < -0.4 is 17.2 Å². The minimum Gasteiger partial charge on any atom is -0.383 e. The van der Waals surface area contributed by atoms with Crippen LogP contribution in [0.15, 0.2) is 24.3 Å². The fraction of sp³-hybridized carbons (Fsp3) is 0.167. The molecule has 6 N–H and O–H groups in total. The molecule has 0 aliphatic carbocycles. The maximum atomic E-state index is 5.81. The largest absolute Gasteiger partial charge is 0.383 e. The van der Waals surface area contributed by atoms with Gasteiger partial charge in [0.25, 0.3) is 0 Å². The Morgan fingerprint density at radius 1 is 0.941 bits per heavy atom. The molecule has 0 aliphatic heterocycles. The number of anilines is 3. The molecule has 0 saturated carbocycles. The third-order valence-electron chi connectivity index (χ3n) is 2.63. The highest BCUT2D eigenvalue weighted by molar-refractivity contribution is 5.83. The van der Waals surface area contributed by atoms with Gasteiger partial charge >= 0.3 is 0 Å². The summed E-state index contributed by atoms with van der Waals surface area (Å²) >= 11 is 0. The first kappa shape index (κ1) is 11.2. The van der Waals surface area contributed by atoms with Crippen molar-refractivity contribution in [3.8, 4) is 11.1 Å². The summed E-state index contributed by atoms with van der Waals surface area (Å²) in [5.41, 5.74) is 19.9. The summed E-state index contributed by atoms with van der Waals surface area (Å²) in [6.45, 7) is 2.10. The third kappa shape index (κ3) is 2.13. The van der Waals surface area contributed by atoms with E-state index in [1.54, 1.807) is 0 Å². The molecular formula is C12H15N5. The number of aryl methyl sites for hydroxylation is 1. The number of rotatable bonds is 2. The van der Waals surface area contributed by atoms with E-state index in [1.807, 2.05) is 24.3 Å². The molecule has 0 atom stereocenters. The van der Waals surface area contributed by atoms with E-state index in [4.69, 9.17) is 17.2 Å². The zero-order valence-corrected chi connectivity index (χ0v) is 9.64. The highest BCUT2D eigenvalue weighted by Crippen LogP contribution is 2.29. The van der Waals surface area contributed by atoms with Gasteiger partial charge in [0, 0.05) is 0 Å². The van der Waals surface area contributed by atoms with E-state index in [0.717, 1.165) is 12.0 Å². The predicted octanol–water partition coefficient (Wildman–Crippen LogP) is 1.45. The Morgan fingerprint density at radius 2 is 1.47 bits per heavy atom. The van der Waals surface area contributed by atoms with Crippen LogP contribution in [0.3, 0.4) is 0 Å². The lowest BCUT2D eigenvalue weighted by molar-refractivity contribution is 1.14. The number of aromatic nitrogens is 2. The van der Waals surface area contributed by atoms with Crippen molar-refractivity contribution < 1.29 is 0 Å². The van der Waals surface area contributed by atoms with Crippen molar-refractivity contribution in [2.45, 2.75) is 13.3 Å². The summed E-state index contributed by atoms with van der Waals surface area (Å²) < 4.78 is 0. The molecular weight excluding hydrogens is 214 g/mol. The molecule has 1 aromatic heterocycles. The molecule has 0 spiro atoms. The highest BCUT2D eigenvalue weighted by Gasteiger charge is 2.10. The molecule has 88 valence electrons. The van der Waals surface area contributed by atoms with Gasteiger partial charge < -0.3 is 17.2 Å². The van der Waals surface area contributed by atoms with Crippen molar-refractivity contribution in [2.75, 3.05) is 17.2 Å². The molecule has 17 heavy (non-hydrogen) atoms. The second-order valence-corrected chi connectivity index (χ2v) is 3.78. The molecule has 0 amide bonds. The molecule has 2 rings (SSSR count). The fourth-order valence-corrected chi connectivity index (χ4v) is 1.72. The van der Waals surface area contributed by atoms with Crippen molar-refractivity contribution in [3.63, 3.8) is 0 Å². The number of nitrogens with two attached hydrogens (primary N) is 3. The Balaban J connectivity index is 2.52.